The lowest BCUT2D eigenvalue weighted by atomic mass is 10.0. The second-order valence-electron chi connectivity index (χ2n) is 3.46. The van der Waals surface area contributed by atoms with Gasteiger partial charge in [0.15, 0.2) is 0 Å². The van der Waals surface area contributed by atoms with Crippen molar-refractivity contribution in [3.8, 4) is 0 Å². The van der Waals surface area contributed by atoms with Gasteiger partial charge in [-0.1, -0.05) is 6.92 Å². The summed E-state index contributed by atoms with van der Waals surface area (Å²) in [6, 6.07) is 0.000278. The molecule has 0 radical (unpaired) electrons. The van der Waals surface area contributed by atoms with E-state index >= 15 is 0 Å². The lowest BCUT2D eigenvalue weighted by Gasteiger charge is -2.23. The van der Waals surface area contributed by atoms with Gasteiger partial charge >= 0.3 is 0 Å². The van der Waals surface area contributed by atoms with E-state index in [1.165, 1.54) is 0 Å². The fourth-order valence-electron chi connectivity index (χ4n) is 1.67. The predicted molar refractivity (Wildman–Crippen MR) is 59.1 cm³/mol. The molecule has 5 heteroatoms. The summed E-state index contributed by atoms with van der Waals surface area (Å²) < 4.78 is 7.25. The van der Waals surface area contributed by atoms with Gasteiger partial charge in [0.25, 0.3) is 0 Å². The average molecular weight is 212 g/mol. The van der Waals surface area contributed by atoms with Gasteiger partial charge in [-0.05, 0) is 13.3 Å². The van der Waals surface area contributed by atoms with E-state index in [0.717, 1.165) is 18.5 Å². The van der Waals surface area contributed by atoms with Crippen LogP contribution in [0.2, 0.25) is 0 Å². The number of aryl methyl sites for hydroxylation is 1. The van der Waals surface area contributed by atoms with E-state index in [1.54, 1.807) is 7.11 Å². The van der Waals surface area contributed by atoms with Crippen LogP contribution in [0.1, 0.15) is 31.9 Å². The van der Waals surface area contributed by atoms with Crippen LogP contribution in [0, 0.1) is 0 Å². The summed E-state index contributed by atoms with van der Waals surface area (Å²) in [6.07, 6.45) is 4.80. The van der Waals surface area contributed by atoms with E-state index in [9.17, 15) is 0 Å². The lowest BCUT2D eigenvalue weighted by Crippen LogP contribution is -2.37. The van der Waals surface area contributed by atoms with Crippen molar-refractivity contribution >= 4 is 0 Å². The summed E-state index contributed by atoms with van der Waals surface area (Å²) in [6.45, 7) is 4.99. The molecule has 5 nitrogen and oxygen atoms in total. The maximum atomic E-state index is 5.54. The fourth-order valence-corrected chi connectivity index (χ4v) is 1.67. The molecular formula is C10H20N4O. The third-order valence-corrected chi connectivity index (χ3v) is 2.59. The molecule has 1 aromatic heterocycles. The van der Waals surface area contributed by atoms with Gasteiger partial charge in [-0.15, -0.1) is 0 Å². The predicted octanol–water partition coefficient (Wildman–Crippen LogP) is 0.832. The molecule has 0 saturated carbocycles. The molecule has 0 saturated heterocycles. The van der Waals surface area contributed by atoms with Crippen LogP contribution >= 0.6 is 0 Å². The van der Waals surface area contributed by atoms with Crippen molar-refractivity contribution in [3.63, 3.8) is 0 Å². The van der Waals surface area contributed by atoms with Gasteiger partial charge in [-0.25, -0.2) is 0 Å². The van der Waals surface area contributed by atoms with Crippen LogP contribution in [0.15, 0.2) is 12.4 Å². The molecule has 1 aromatic rings. The fraction of sp³-hybridized carbons (Fsp3) is 0.700. The van der Waals surface area contributed by atoms with Crippen LogP contribution in [-0.2, 0) is 11.3 Å². The molecule has 0 bridgehead atoms. The minimum absolute atomic E-state index is 0.000278. The van der Waals surface area contributed by atoms with E-state index < -0.39 is 0 Å². The molecule has 86 valence electrons. The Morgan fingerprint density at radius 3 is 2.73 bits per heavy atom. The van der Waals surface area contributed by atoms with Gasteiger partial charge in [0.05, 0.1) is 18.3 Å². The first-order chi connectivity index (χ1) is 7.26. The third-order valence-electron chi connectivity index (χ3n) is 2.59. The van der Waals surface area contributed by atoms with Gasteiger partial charge in [-0.2, -0.15) is 5.10 Å². The number of hydrogen-bond acceptors (Lipinski definition) is 4. The number of nitrogens with zero attached hydrogens (tertiary/aromatic N) is 2. The van der Waals surface area contributed by atoms with Crippen molar-refractivity contribution in [1.82, 2.24) is 15.2 Å². The largest absolute Gasteiger partial charge is 0.379 e. The quantitative estimate of drug-likeness (QED) is 0.541. The summed E-state index contributed by atoms with van der Waals surface area (Å²) in [4.78, 5) is 0. The monoisotopic (exact) mass is 212 g/mol. The number of hydrogen-bond donors (Lipinski definition) is 2. The Morgan fingerprint density at radius 1 is 1.60 bits per heavy atom. The highest BCUT2D eigenvalue weighted by Crippen LogP contribution is 2.19. The first-order valence-corrected chi connectivity index (χ1v) is 5.28. The van der Waals surface area contributed by atoms with E-state index in [4.69, 9.17) is 10.6 Å². The summed E-state index contributed by atoms with van der Waals surface area (Å²) in [7, 11) is 1.70. The van der Waals surface area contributed by atoms with Gasteiger partial charge in [-0.3, -0.25) is 16.0 Å². The highest BCUT2D eigenvalue weighted by molar-refractivity contribution is 5.12. The van der Waals surface area contributed by atoms with Crippen molar-refractivity contribution in [2.75, 3.05) is 7.11 Å². The van der Waals surface area contributed by atoms with Gasteiger partial charge in [0.2, 0.25) is 0 Å². The van der Waals surface area contributed by atoms with E-state index in [-0.39, 0.29) is 12.1 Å². The Kier molecular flexibility index (Phi) is 4.74. The molecule has 0 aliphatic carbocycles. The zero-order chi connectivity index (χ0) is 11.3. The Hall–Kier alpha value is -0.910. The molecule has 2 atom stereocenters. The smallest absolute Gasteiger partial charge is 0.0777 e. The zero-order valence-electron chi connectivity index (χ0n) is 9.60. The molecule has 0 aromatic carbocycles. The maximum absolute atomic E-state index is 5.54. The Morgan fingerprint density at radius 2 is 2.33 bits per heavy atom. The minimum atomic E-state index is 0.000278. The highest BCUT2D eigenvalue weighted by atomic mass is 16.5. The van der Waals surface area contributed by atoms with Gasteiger partial charge in [0.1, 0.15) is 0 Å². The number of nitrogens with one attached hydrogen (secondary N) is 1. The normalized spacial score (nSPS) is 15.2. The number of ether oxygens (including phenoxy) is 1. The molecule has 15 heavy (non-hydrogen) atoms. The van der Waals surface area contributed by atoms with Crippen LogP contribution in [0.5, 0.6) is 0 Å². The van der Waals surface area contributed by atoms with Gasteiger partial charge in [0, 0.05) is 25.4 Å². The Bertz CT molecular complexity index is 283. The summed E-state index contributed by atoms with van der Waals surface area (Å²) in [5.41, 5.74) is 3.84. The van der Waals surface area contributed by atoms with Crippen molar-refractivity contribution in [3.05, 3.63) is 18.0 Å². The molecule has 0 fully saturated rings. The molecule has 0 spiro atoms. The van der Waals surface area contributed by atoms with E-state index in [1.807, 2.05) is 17.1 Å². The van der Waals surface area contributed by atoms with Crippen molar-refractivity contribution in [1.29, 1.82) is 0 Å². The summed E-state index contributed by atoms with van der Waals surface area (Å²) in [5, 5.41) is 4.22. The average Bonchev–Trinajstić information content (AvgIpc) is 2.73. The number of rotatable bonds is 6. The van der Waals surface area contributed by atoms with Crippen LogP contribution < -0.4 is 11.3 Å². The van der Waals surface area contributed by atoms with E-state index in [2.05, 4.69) is 24.4 Å². The van der Waals surface area contributed by atoms with Crippen LogP contribution in [0.4, 0.5) is 0 Å². The zero-order valence-corrected chi connectivity index (χ0v) is 9.60. The summed E-state index contributed by atoms with van der Waals surface area (Å²) >= 11 is 0. The van der Waals surface area contributed by atoms with Crippen LogP contribution in [0.25, 0.3) is 0 Å². The Balaban J connectivity index is 2.81. The second kappa shape index (κ2) is 5.85. The molecule has 1 heterocycles. The molecule has 2 unspecified atom stereocenters. The SMILES string of the molecule is CCC(OC)C(NN)c1cnn(CC)c1. The maximum Gasteiger partial charge on any atom is 0.0777 e. The second-order valence-corrected chi connectivity index (χ2v) is 3.46. The van der Waals surface area contributed by atoms with Crippen molar-refractivity contribution in [2.45, 2.75) is 39.0 Å². The molecular weight excluding hydrogens is 192 g/mol. The topological polar surface area (TPSA) is 65.1 Å². The first kappa shape index (κ1) is 12.2. The standard InChI is InChI=1S/C10H20N4O/c1-4-9(15-3)10(13-11)8-6-12-14(5-2)7-8/h6-7,9-10,13H,4-5,11H2,1-3H3. The van der Waals surface area contributed by atoms with Crippen LogP contribution in [-0.4, -0.2) is 23.0 Å². The molecule has 0 amide bonds. The minimum Gasteiger partial charge on any atom is -0.379 e. The van der Waals surface area contributed by atoms with Gasteiger partial charge < -0.3 is 4.74 Å². The van der Waals surface area contributed by atoms with Crippen molar-refractivity contribution < 1.29 is 4.74 Å². The molecule has 3 N–H and O–H groups in total. The number of hydrazine groups is 1. The van der Waals surface area contributed by atoms with E-state index in [0.29, 0.717) is 0 Å². The Labute approximate surface area is 90.6 Å². The summed E-state index contributed by atoms with van der Waals surface area (Å²) in [5.74, 6) is 5.54. The number of aromatic nitrogens is 2. The third kappa shape index (κ3) is 2.77. The first-order valence-electron chi connectivity index (χ1n) is 5.28. The van der Waals surface area contributed by atoms with Crippen molar-refractivity contribution in [2.24, 2.45) is 5.84 Å². The molecule has 0 aliphatic rings. The highest BCUT2D eigenvalue weighted by Gasteiger charge is 2.21. The number of nitrogens with two attached hydrogens (primary N) is 1. The number of methoxy groups -OCH3 is 1. The van der Waals surface area contributed by atoms with Crippen LogP contribution in [0.3, 0.4) is 0 Å². The molecule has 1 rings (SSSR count). The lowest BCUT2D eigenvalue weighted by molar-refractivity contribution is 0.0651. The molecule has 0 aliphatic heterocycles.